The van der Waals surface area contributed by atoms with Crippen molar-refractivity contribution < 1.29 is 4.79 Å². The van der Waals surface area contributed by atoms with Crippen LogP contribution in [0.15, 0.2) is 35.3 Å². The SMILES string of the molecule is CC(C)c1nccn1CC1CCN(C(=O)c2cncc(Br)c2)CC1. The third-order valence-corrected chi connectivity index (χ3v) is 5.01. The molecule has 1 fully saturated rings. The number of piperidine rings is 1. The minimum absolute atomic E-state index is 0.0766. The van der Waals surface area contributed by atoms with Crippen LogP contribution in [0.2, 0.25) is 0 Å². The molecule has 1 aliphatic heterocycles. The summed E-state index contributed by atoms with van der Waals surface area (Å²) in [5.74, 6) is 2.26. The first-order valence-electron chi connectivity index (χ1n) is 8.45. The molecule has 0 unspecified atom stereocenters. The van der Waals surface area contributed by atoms with Gasteiger partial charge in [-0.3, -0.25) is 9.78 Å². The van der Waals surface area contributed by atoms with Crippen LogP contribution >= 0.6 is 15.9 Å². The average molecular weight is 391 g/mol. The maximum atomic E-state index is 12.6. The Hall–Kier alpha value is -1.69. The highest BCUT2D eigenvalue weighted by atomic mass is 79.9. The van der Waals surface area contributed by atoms with Crippen LogP contribution in [0.1, 0.15) is 48.8 Å². The van der Waals surface area contributed by atoms with Gasteiger partial charge in [-0.25, -0.2) is 4.98 Å². The lowest BCUT2D eigenvalue weighted by Crippen LogP contribution is -2.39. The van der Waals surface area contributed by atoms with E-state index in [0.717, 1.165) is 42.8 Å². The lowest BCUT2D eigenvalue weighted by Gasteiger charge is -2.32. The fourth-order valence-electron chi connectivity index (χ4n) is 3.28. The first-order valence-corrected chi connectivity index (χ1v) is 9.24. The van der Waals surface area contributed by atoms with Gasteiger partial charge < -0.3 is 9.47 Å². The van der Waals surface area contributed by atoms with Crippen molar-refractivity contribution in [3.63, 3.8) is 0 Å². The Balaban J connectivity index is 1.58. The van der Waals surface area contributed by atoms with Gasteiger partial charge in [-0.2, -0.15) is 0 Å². The number of likely N-dealkylation sites (tertiary alicyclic amines) is 1. The van der Waals surface area contributed by atoms with E-state index in [4.69, 9.17) is 0 Å². The van der Waals surface area contributed by atoms with Gasteiger partial charge in [0.25, 0.3) is 5.91 Å². The Morgan fingerprint density at radius 1 is 1.33 bits per heavy atom. The minimum Gasteiger partial charge on any atom is -0.339 e. The summed E-state index contributed by atoms with van der Waals surface area (Å²) in [4.78, 5) is 23.1. The van der Waals surface area contributed by atoms with Crippen molar-refractivity contribution in [2.75, 3.05) is 13.1 Å². The lowest BCUT2D eigenvalue weighted by molar-refractivity contribution is 0.0682. The van der Waals surface area contributed by atoms with E-state index >= 15 is 0 Å². The molecule has 3 heterocycles. The van der Waals surface area contributed by atoms with Crippen LogP contribution in [0, 0.1) is 5.92 Å². The van der Waals surface area contributed by atoms with Crippen LogP contribution in [0.3, 0.4) is 0 Å². The van der Waals surface area contributed by atoms with Crippen molar-refractivity contribution in [3.8, 4) is 0 Å². The quantitative estimate of drug-likeness (QED) is 0.798. The summed E-state index contributed by atoms with van der Waals surface area (Å²) in [6, 6.07) is 1.84. The van der Waals surface area contributed by atoms with E-state index < -0.39 is 0 Å². The van der Waals surface area contributed by atoms with Gasteiger partial charge in [-0.1, -0.05) is 13.8 Å². The first kappa shape index (κ1) is 17.1. The van der Waals surface area contributed by atoms with E-state index in [1.165, 1.54) is 0 Å². The summed E-state index contributed by atoms with van der Waals surface area (Å²) >= 11 is 3.37. The third-order valence-electron chi connectivity index (χ3n) is 4.57. The monoisotopic (exact) mass is 390 g/mol. The van der Waals surface area contributed by atoms with Crippen molar-refractivity contribution in [2.45, 2.75) is 39.2 Å². The zero-order valence-corrected chi connectivity index (χ0v) is 15.7. The number of aromatic nitrogens is 3. The Kier molecular flexibility index (Phi) is 5.33. The van der Waals surface area contributed by atoms with Crippen LogP contribution in [0.4, 0.5) is 0 Å². The van der Waals surface area contributed by atoms with E-state index in [-0.39, 0.29) is 5.91 Å². The highest BCUT2D eigenvalue weighted by Crippen LogP contribution is 2.23. The van der Waals surface area contributed by atoms with Gasteiger partial charge in [0, 0.05) is 54.8 Å². The molecule has 2 aromatic rings. The average Bonchev–Trinajstić information content (AvgIpc) is 3.03. The number of hydrogen-bond donors (Lipinski definition) is 0. The molecule has 0 N–H and O–H groups in total. The Morgan fingerprint density at radius 2 is 2.08 bits per heavy atom. The second-order valence-corrected chi connectivity index (χ2v) is 7.64. The molecule has 0 aromatic carbocycles. The summed E-state index contributed by atoms with van der Waals surface area (Å²) in [5, 5.41) is 0. The van der Waals surface area contributed by atoms with E-state index in [1.807, 2.05) is 17.2 Å². The first-order chi connectivity index (χ1) is 11.5. The van der Waals surface area contributed by atoms with Crippen molar-refractivity contribution in [1.29, 1.82) is 0 Å². The Bertz CT molecular complexity index is 705. The zero-order valence-electron chi connectivity index (χ0n) is 14.2. The highest BCUT2D eigenvalue weighted by molar-refractivity contribution is 9.10. The smallest absolute Gasteiger partial charge is 0.255 e. The molecule has 0 saturated carbocycles. The molecule has 0 bridgehead atoms. The van der Waals surface area contributed by atoms with Crippen molar-refractivity contribution >= 4 is 21.8 Å². The summed E-state index contributed by atoms with van der Waals surface area (Å²) in [6.45, 7) is 6.95. The van der Waals surface area contributed by atoms with E-state index in [2.05, 4.69) is 50.5 Å². The molecule has 0 radical (unpaired) electrons. The second-order valence-electron chi connectivity index (χ2n) is 6.72. The van der Waals surface area contributed by atoms with Crippen LogP contribution in [-0.2, 0) is 6.54 Å². The molecule has 1 aliphatic rings. The Labute approximate surface area is 151 Å². The number of amides is 1. The molecule has 2 aromatic heterocycles. The van der Waals surface area contributed by atoms with Crippen molar-refractivity contribution in [1.82, 2.24) is 19.4 Å². The van der Waals surface area contributed by atoms with Crippen molar-refractivity contribution in [3.05, 3.63) is 46.7 Å². The molecule has 5 nitrogen and oxygen atoms in total. The normalized spacial score (nSPS) is 15.9. The molecular formula is C18H23BrN4O. The number of nitrogens with zero attached hydrogens (tertiary/aromatic N) is 4. The number of halogens is 1. The summed E-state index contributed by atoms with van der Waals surface area (Å²) in [6.07, 6.45) is 9.35. The summed E-state index contributed by atoms with van der Waals surface area (Å²) < 4.78 is 3.11. The summed E-state index contributed by atoms with van der Waals surface area (Å²) in [5.41, 5.74) is 0.652. The molecule has 24 heavy (non-hydrogen) atoms. The maximum absolute atomic E-state index is 12.6. The second kappa shape index (κ2) is 7.47. The van der Waals surface area contributed by atoms with E-state index in [9.17, 15) is 4.79 Å². The van der Waals surface area contributed by atoms with Crippen LogP contribution in [0.5, 0.6) is 0 Å². The number of carbonyl (C=O) groups excluding carboxylic acids is 1. The fraction of sp³-hybridized carbons (Fsp3) is 0.500. The molecular weight excluding hydrogens is 368 g/mol. The molecule has 6 heteroatoms. The molecule has 1 amide bonds. The van der Waals surface area contributed by atoms with E-state index in [1.54, 1.807) is 12.4 Å². The Morgan fingerprint density at radius 3 is 2.75 bits per heavy atom. The largest absolute Gasteiger partial charge is 0.339 e. The number of hydrogen-bond acceptors (Lipinski definition) is 3. The minimum atomic E-state index is 0.0766. The predicted molar refractivity (Wildman–Crippen MR) is 96.9 cm³/mol. The highest BCUT2D eigenvalue weighted by Gasteiger charge is 2.24. The number of imidazole rings is 1. The number of rotatable bonds is 4. The third kappa shape index (κ3) is 3.86. The van der Waals surface area contributed by atoms with Crippen LogP contribution in [0.25, 0.3) is 0 Å². The molecule has 0 spiro atoms. The standard InChI is InChI=1S/C18H23BrN4O/c1-13(2)17-21-5-8-23(17)12-14-3-6-22(7-4-14)18(24)15-9-16(19)11-20-10-15/h5,8-11,13-14H,3-4,6-7,12H2,1-2H3. The topological polar surface area (TPSA) is 51.0 Å². The van der Waals surface area contributed by atoms with Gasteiger partial charge in [-0.15, -0.1) is 0 Å². The molecule has 0 atom stereocenters. The van der Waals surface area contributed by atoms with Gasteiger partial charge in [0.15, 0.2) is 0 Å². The van der Waals surface area contributed by atoms with Gasteiger partial charge in [-0.05, 0) is 40.8 Å². The van der Waals surface area contributed by atoms with Gasteiger partial charge in [0.05, 0.1) is 5.56 Å². The fourth-order valence-corrected chi connectivity index (χ4v) is 3.65. The molecule has 0 aliphatic carbocycles. The predicted octanol–water partition coefficient (Wildman–Crippen LogP) is 3.72. The van der Waals surface area contributed by atoms with Crippen LogP contribution < -0.4 is 0 Å². The summed E-state index contributed by atoms with van der Waals surface area (Å²) in [7, 11) is 0. The van der Waals surface area contributed by atoms with Gasteiger partial charge in [0.2, 0.25) is 0 Å². The molecule has 1 saturated heterocycles. The van der Waals surface area contributed by atoms with Crippen molar-refractivity contribution in [2.24, 2.45) is 5.92 Å². The maximum Gasteiger partial charge on any atom is 0.255 e. The van der Waals surface area contributed by atoms with Gasteiger partial charge >= 0.3 is 0 Å². The van der Waals surface area contributed by atoms with Crippen LogP contribution in [-0.4, -0.2) is 38.4 Å². The molecule has 128 valence electrons. The number of carbonyl (C=O) groups is 1. The molecule has 3 rings (SSSR count). The van der Waals surface area contributed by atoms with Gasteiger partial charge in [0.1, 0.15) is 5.82 Å². The lowest BCUT2D eigenvalue weighted by atomic mass is 9.96. The van der Waals surface area contributed by atoms with E-state index in [0.29, 0.717) is 17.4 Å². The number of pyridine rings is 1. The zero-order chi connectivity index (χ0) is 17.1.